The van der Waals surface area contributed by atoms with Crippen molar-refractivity contribution in [3.05, 3.63) is 47.5 Å². The highest BCUT2D eigenvalue weighted by Crippen LogP contribution is 2.35. The van der Waals surface area contributed by atoms with Crippen LogP contribution in [0.15, 0.2) is 36.4 Å². The van der Waals surface area contributed by atoms with Crippen molar-refractivity contribution in [2.75, 3.05) is 0 Å². The Morgan fingerprint density at radius 3 is 2.00 bits per heavy atom. The van der Waals surface area contributed by atoms with Crippen LogP contribution in [0.3, 0.4) is 0 Å². The summed E-state index contributed by atoms with van der Waals surface area (Å²) in [5, 5.41) is 28.0. The van der Waals surface area contributed by atoms with Crippen molar-refractivity contribution in [1.29, 1.82) is 0 Å². The minimum Gasteiger partial charge on any atom is -0.504 e. The van der Waals surface area contributed by atoms with Crippen LogP contribution in [0.5, 0.6) is 23.0 Å². The minimum absolute atomic E-state index is 0.0595. The molecule has 0 fully saturated rings. The summed E-state index contributed by atoms with van der Waals surface area (Å²) in [6.07, 6.45) is 0. The number of ether oxygens (including phenoxy) is 1. The number of hydrogen-bond acceptors (Lipinski definition) is 5. The number of phenolic OH excluding ortho intramolecular Hbond substituents is 3. The minimum atomic E-state index is -0.738. The lowest BCUT2D eigenvalue weighted by Crippen LogP contribution is -2.08. The van der Waals surface area contributed by atoms with Gasteiger partial charge in [-0.3, -0.25) is 0 Å². The van der Waals surface area contributed by atoms with E-state index in [0.717, 1.165) is 17.7 Å². The van der Waals surface area contributed by atoms with E-state index in [9.17, 15) is 20.1 Å². The average molecular weight is 288 g/mol. The van der Waals surface area contributed by atoms with E-state index in [2.05, 4.69) is 13.8 Å². The zero-order valence-electron chi connectivity index (χ0n) is 11.7. The van der Waals surface area contributed by atoms with Crippen LogP contribution in [-0.2, 0) is 0 Å². The number of aromatic hydroxyl groups is 3. The first-order valence-electron chi connectivity index (χ1n) is 6.45. The van der Waals surface area contributed by atoms with Gasteiger partial charge in [0.1, 0.15) is 5.75 Å². The Kier molecular flexibility index (Phi) is 4.03. The highest BCUT2D eigenvalue weighted by Gasteiger charge is 2.15. The van der Waals surface area contributed by atoms with Crippen LogP contribution in [-0.4, -0.2) is 21.3 Å². The third-order valence-corrected chi connectivity index (χ3v) is 3.06. The van der Waals surface area contributed by atoms with Crippen LogP contribution in [0.2, 0.25) is 0 Å². The predicted octanol–water partition coefficient (Wildman–Crippen LogP) is 3.15. The zero-order chi connectivity index (χ0) is 15.6. The number of phenols is 3. The summed E-state index contributed by atoms with van der Waals surface area (Å²) in [6.45, 7) is 4.12. The number of carbonyl (C=O) groups excluding carboxylic acids is 1. The van der Waals surface area contributed by atoms with E-state index in [1.54, 1.807) is 12.1 Å². The molecule has 0 aromatic heterocycles. The van der Waals surface area contributed by atoms with Crippen LogP contribution < -0.4 is 4.74 Å². The molecule has 5 heteroatoms. The van der Waals surface area contributed by atoms with Crippen molar-refractivity contribution < 1.29 is 24.9 Å². The topological polar surface area (TPSA) is 87.0 Å². The first kappa shape index (κ1) is 14.7. The Morgan fingerprint density at radius 2 is 1.52 bits per heavy atom. The van der Waals surface area contributed by atoms with Gasteiger partial charge in [0.2, 0.25) is 0 Å². The van der Waals surface area contributed by atoms with Gasteiger partial charge in [0, 0.05) is 0 Å². The van der Waals surface area contributed by atoms with Crippen LogP contribution in [0, 0.1) is 0 Å². The second kappa shape index (κ2) is 5.75. The SMILES string of the molecule is CC(C)c1ccc(OC(=O)c2cc(O)c(O)c(O)c2)cc1. The van der Waals surface area contributed by atoms with Gasteiger partial charge < -0.3 is 20.1 Å². The van der Waals surface area contributed by atoms with Crippen LogP contribution >= 0.6 is 0 Å². The Balaban J connectivity index is 2.18. The third-order valence-electron chi connectivity index (χ3n) is 3.06. The summed E-state index contributed by atoms with van der Waals surface area (Å²) < 4.78 is 5.14. The summed E-state index contributed by atoms with van der Waals surface area (Å²) in [4.78, 5) is 11.9. The fraction of sp³-hybridized carbons (Fsp3) is 0.188. The number of esters is 1. The lowest BCUT2D eigenvalue weighted by atomic mass is 10.0. The average Bonchev–Trinajstić information content (AvgIpc) is 2.44. The maximum Gasteiger partial charge on any atom is 0.343 e. The fourth-order valence-corrected chi connectivity index (χ4v) is 1.81. The summed E-state index contributed by atoms with van der Waals surface area (Å²) in [6, 6.07) is 9.12. The van der Waals surface area contributed by atoms with Gasteiger partial charge in [-0.05, 0) is 35.7 Å². The van der Waals surface area contributed by atoms with E-state index >= 15 is 0 Å². The van der Waals surface area contributed by atoms with E-state index in [0.29, 0.717) is 11.7 Å². The van der Waals surface area contributed by atoms with Crippen molar-refractivity contribution in [2.45, 2.75) is 19.8 Å². The summed E-state index contributed by atoms with van der Waals surface area (Å²) in [5.74, 6) is -1.85. The van der Waals surface area contributed by atoms with Gasteiger partial charge in [0.25, 0.3) is 0 Å². The molecule has 110 valence electrons. The van der Waals surface area contributed by atoms with Crippen molar-refractivity contribution in [3.63, 3.8) is 0 Å². The zero-order valence-corrected chi connectivity index (χ0v) is 11.7. The number of benzene rings is 2. The van der Waals surface area contributed by atoms with Gasteiger partial charge in [0.15, 0.2) is 17.2 Å². The second-order valence-electron chi connectivity index (χ2n) is 4.98. The van der Waals surface area contributed by atoms with Gasteiger partial charge >= 0.3 is 5.97 Å². The molecule has 0 aliphatic carbocycles. The van der Waals surface area contributed by atoms with Crippen molar-refractivity contribution in [2.24, 2.45) is 0 Å². The summed E-state index contributed by atoms with van der Waals surface area (Å²) >= 11 is 0. The third kappa shape index (κ3) is 3.25. The molecule has 2 aromatic carbocycles. The largest absolute Gasteiger partial charge is 0.504 e. The highest BCUT2D eigenvalue weighted by atomic mass is 16.5. The molecule has 0 bridgehead atoms. The monoisotopic (exact) mass is 288 g/mol. The molecule has 0 unspecified atom stereocenters. The van der Waals surface area contributed by atoms with Gasteiger partial charge in [-0.15, -0.1) is 0 Å². The first-order valence-corrected chi connectivity index (χ1v) is 6.45. The predicted molar refractivity (Wildman–Crippen MR) is 76.9 cm³/mol. The molecule has 0 heterocycles. The van der Waals surface area contributed by atoms with Gasteiger partial charge in [-0.1, -0.05) is 26.0 Å². The molecule has 2 rings (SSSR count). The molecule has 21 heavy (non-hydrogen) atoms. The van der Waals surface area contributed by atoms with E-state index in [1.807, 2.05) is 12.1 Å². The maximum absolute atomic E-state index is 11.9. The molecule has 5 nitrogen and oxygen atoms in total. The first-order chi connectivity index (χ1) is 9.88. The van der Waals surface area contributed by atoms with Gasteiger partial charge in [-0.25, -0.2) is 4.79 Å². The molecule has 3 N–H and O–H groups in total. The Morgan fingerprint density at radius 1 is 1.00 bits per heavy atom. The molecular formula is C16H16O5. The molecule has 0 spiro atoms. The Labute approximate surface area is 122 Å². The smallest absolute Gasteiger partial charge is 0.343 e. The standard InChI is InChI=1S/C16H16O5/c1-9(2)10-3-5-12(6-4-10)21-16(20)11-7-13(17)15(19)14(18)8-11/h3-9,17-19H,1-2H3. The summed E-state index contributed by atoms with van der Waals surface area (Å²) in [5.41, 5.74) is 1.06. The number of carbonyl (C=O) groups is 1. The summed E-state index contributed by atoms with van der Waals surface area (Å²) in [7, 11) is 0. The molecule has 0 atom stereocenters. The lowest BCUT2D eigenvalue weighted by molar-refractivity contribution is 0.0733. The van der Waals surface area contributed by atoms with Crippen molar-refractivity contribution >= 4 is 5.97 Å². The van der Waals surface area contributed by atoms with E-state index in [4.69, 9.17) is 4.74 Å². The molecule has 0 saturated heterocycles. The molecule has 0 aliphatic rings. The number of hydrogen-bond donors (Lipinski definition) is 3. The number of rotatable bonds is 3. The Hall–Kier alpha value is -2.69. The quantitative estimate of drug-likeness (QED) is 0.459. The Bertz CT molecular complexity index is 636. The van der Waals surface area contributed by atoms with E-state index in [1.165, 1.54) is 0 Å². The molecule has 0 radical (unpaired) electrons. The van der Waals surface area contributed by atoms with Gasteiger partial charge in [-0.2, -0.15) is 0 Å². The molecule has 2 aromatic rings. The second-order valence-corrected chi connectivity index (χ2v) is 4.98. The van der Waals surface area contributed by atoms with Crippen LogP contribution in [0.4, 0.5) is 0 Å². The van der Waals surface area contributed by atoms with Crippen molar-refractivity contribution in [1.82, 2.24) is 0 Å². The molecule has 0 amide bonds. The fourth-order valence-electron chi connectivity index (χ4n) is 1.81. The lowest BCUT2D eigenvalue weighted by Gasteiger charge is -2.08. The highest BCUT2D eigenvalue weighted by molar-refractivity contribution is 5.92. The van der Waals surface area contributed by atoms with Crippen LogP contribution in [0.1, 0.15) is 35.7 Å². The maximum atomic E-state index is 11.9. The van der Waals surface area contributed by atoms with E-state index < -0.39 is 23.2 Å². The van der Waals surface area contributed by atoms with Crippen LogP contribution in [0.25, 0.3) is 0 Å². The van der Waals surface area contributed by atoms with Gasteiger partial charge in [0.05, 0.1) is 5.56 Å². The normalized spacial score (nSPS) is 10.6. The molecular weight excluding hydrogens is 272 g/mol. The molecule has 0 saturated carbocycles. The van der Waals surface area contributed by atoms with Crippen molar-refractivity contribution in [3.8, 4) is 23.0 Å². The van der Waals surface area contributed by atoms with E-state index in [-0.39, 0.29) is 5.56 Å². The molecule has 0 aliphatic heterocycles.